The molecule has 0 amide bonds. The number of nitrogen functional groups attached to an aromatic ring is 1. The molecule has 1 aromatic carbocycles. The topological polar surface area (TPSA) is 47.6 Å². The lowest BCUT2D eigenvalue weighted by Crippen LogP contribution is -2.11. The second-order valence-electron chi connectivity index (χ2n) is 7.13. The molecule has 0 aliphatic heterocycles. The molecule has 3 rings (SSSR count). The van der Waals surface area contributed by atoms with Gasteiger partial charge in [0.1, 0.15) is 5.75 Å². The first-order valence-electron chi connectivity index (χ1n) is 9.28. The first-order valence-corrected chi connectivity index (χ1v) is 9.28. The Hall–Kier alpha value is -1.51. The van der Waals surface area contributed by atoms with Crippen LogP contribution in [0.3, 0.4) is 0 Å². The van der Waals surface area contributed by atoms with Crippen LogP contribution in [-0.4, -0.2) is 19.4 Å². The van der Waals surface area contributed by atoms with Crippen molar-refractivity contribution in [2.75, 3.05) is 12.8 Å². The van der Waals surface area contributed by atoms with Gasteiger partial charge in [-0.05, 0) is 43.2 Å². The number of anilines is 1. The molecular weight excluding hydrogens is 284 g/mol. The number of methoxy groups -OCH3 is 1. The van der Waals surface area contributed by atoms with Gasteiger partial charge >= 0.3 is 0 Å². The van der Waals surface area contributed by atoms with Gasteiger partial charge in [0.05, 0.1) is 7.11 Å². The van der Waals surface area contributed by atoms with Crippen LogP contribution < -0.4 is 10.5 Å². The summed E-state index contributed by atoms with van der Waals surface area (Å²) >= 11 is 0. The Bertz CT molecular complexity index is 541. The van der Waals surface area contributed by atoms with E-state index in [1.165, 1.54) is 69.8 Å². The van der Waals surface area contributed by atoms with Crippen LogP contribution in [-0.2, 0) is 0 Å². The molecule has 2 aliphatic carbocycles. The molecule has 2 N–H and O–H groups in total. The second-order valence-corrected chi connectivity index (χ2v) is 7.13. The molecular formula is C20H30N2O. The lowest BCUT2D eigenvalue weighted by Gasteiger charge is -2.24. The summed E-state index contributed by atoms with van der Waals surface area (Å²) < 4.78 is 5.60. The minimum atomic E-state index is 0.489. The quantitative estimate of drug-likeness (QED) is 0.622. The lowest BCUT2D eigenvalue weighted by molar-refractivity contribution is 0.387. The van der Waals surface area contributed by atoms with Crippen molar-refractivity contribution in [3.05, 3.63) is 23.3 Å². The van der Waals surface area contributed by atoms with Crippen molar-refractivity contribution in [1.29, 1.82) is 0 Å². The highest BCUT2D eigenvalue weighted by molar-refractivity contribution is 5.88. The normalized spacial score (nSPS) is 20.9. The molecule has 126 valence electrons. The van der Waals surface area contributed by atoms with Crippen LogP contribution in [0.2, 0.25) is 0 Å². The summed E-state index contributed by atoms with van der Waals surface area (Å²) in [5.74, 6) is 1.56. The number of nitrogens with zero attached hydrogens (tertiary/aromatic N) is 1. The molecule has 3 heteroatoms. The van der Waals surface area contributed by atoms with Gasteiger partial charge in [-0.1, -0.05) is 38.5 Å². The second kappa shape index (κ2) is 7.85. The maximum Gasteiger partial charge on any atom is 0.124 e. The van der Waals surface area contributed by atoms with Gasteiger partial charge in [0, 0.05) is 29.6 Å². The predicted octanol–water partition coefficient (Wildman–Crippen LogP) is 5.08. The number of aliphatic imine (C=N–C) groups is 1. The first kappa shape index (κ1) is 16.4. The molecule has 0 saturated heterocycles. The fourth-order valence-electron chi connectivity index (χ4n) is 4.07. The van der Waals surface area contributed by atoms with Gasteiger partial charge in [-0.15, -0.1) is 0 Å². The van der Waals surface area contributed by atoms with E-state index in [1.54, 1.807) is 7.11 Å². The minimum absolute atomic E-state index is 0.489. The molecule has 0 aromatic heterocycles. The van der Waals surface area contributed by atoms with Crippen LogP contribution in [0.4, 0.5) is 5.69 Å². The number of ether oxygens (including phenoxy) is 1. The third-order valence-electron chi connectivity index (χ3n) is 5.48. The molecule has 23 heavy (non-hydrogen) atoms. The van der Waals surface area contributed by atoms with Gasteiger partial charge in [0.2, 0.25) is 0 Å². The maximum atomic E-state index is 6.24. The number of hydrogen-bond acceptors (Lipinski definition) is 3. The third kappa shape index (κ3) is 4.07. The van der Waals surface area contributed by atoms with Gasteiger partial charge in [-0.25, -0.2) is 0 Å². The van der Waals surface area contributed by atoms with Crippen LogP contribution in [0.15, 0.2) is 17.1 Å². The van der Waals surface area contributed by atoms with E-state index in [2.05, 4.69) is 6.07 Å². The molecule has 0 spiro atoms. The van der Waals surface area contributed by atoms with Crippen molar-refractivity contribution in [3.8, 4) is 5.75 Å². The molecule has 1 aromatic rings. The van der Waals surface area contributed by atoms with Crippen LogP contribution >= 0.6 is 0 Å². The van der Waals surface area contributed by atoms with E-state index in [4.69, 9.17) is 15.5 Å². The zero-order valence-corrected chi connectivity index (χ0v) is 14.4. The largest absolute Gasteiger partial charge is 0.496 e. The Morgan fingerprint density at radius 2 is 1.65 bits per heavy atom. The summed E-state index contributed by atoms with van der Waals surface area (Å²) in [5, 5.41) is 0. The van der Waals surface area contributed by atoms with E-state index in [0.29, 0.717) is 12.0 Å². The minimum Gasteiger partial charge on any atom is -0.496 e. The number of hydrogen-bond donors (Lipinski definition) is 1. The van der Waals surface area contributed by atoms with Crippen LogP contribution in [0.1, 0.15) is 81.3 Å². The summed E-state index contributed by atoms with van der Waals surface area (Å²) in [6.45, 7) is 0. The predicted molar refractivity (Wildman–Crippen MR) is 97.7 cm³/mol. The fraction of sp³-hybridized carbons (Fsp3) is 0.650. The maximum absolute atomic E-state index is 6.24. The first-order chi connectivity index (χ1) is 11.3. The molecule has 0 radical (unpaired) electrons. The zero-order valence-electron chi connectivity index (χ0n) is 14.4. The van der Waals surface area contributed by atoms with E-state index in [0.717, 1.165) is 17.0 Å². The van der Waals surface area contributed by atoms with Crippen molar-refractivity contribution < 1.29 is 4.74 Å². The van der Waals surface area contributed by atoms with Gasteiger partial charge in [0.25, 0.3) is 0 Å². The zero-order chi connectivity index (χ0) is 16.1. The van der Waals surface area contributed by atoms with Crippen molar-refractivity contribution in [2.24, 2.45) is 4.99 Å². The summed E-state index contributed by atoms with van der Waals surface area (Å²) in [7, 11) is 1.75. The van der Waals surface area contributed by atoms with E-state index < -0.39 is 0 Å². The Morgan fingerprint density at radius 3 is 2.30 bits per heavy atom. The molecule has 0 atom stereocenters. The van der Waals surface area contributed by atoms with Crippen LogP contribution in [0.5, 0.6) is 5.75 Å². The molecule has 0 bridgehead atoms. The lowest BCUT2D eigenvalue weighted by atomic mass is 9.83. The van der Waals surface area contributed by atoms with Crippen molar-refractivity contribution >= 4 is 11.9 Å². The third-order valence-corrected chi connectivity index (χ3v) is 5.48. The van der Waals surface area contributed by atoms with E-state index in [1.807, 2.05) is 12.3 Å². The molecule has 2 fully saturated rings. The van der Waals surface area contributed by atoms with E-state index in [-0.39, 0.29) is 0 Å². The van der Waals surface area contributed by atoms with Crippen molar-refractivity contribution in [2.45, 2.75) is 76.2 Å². The molecule has 3 nitrogen and oxygen atoms in total. The van der Waals surface area contributed by atoms with Crippen molar-refractivity contribution in [1.82, 2.24) is 0 Å². The van der Waals surface area contributed by atoms with Gasteiger partial charge < -0.3 is 10.5 Å². The average molecular weight is 314 g/mol. The molecule has 2 aliphatic rings. The highest BCUT2D eigenvalue weighted by Gasteiger charge is 2.20. The summed E-state index contributed by atoms with van der Waals surface area (Å²) in [6, 6.07) is 4.71. The Morgan fingerprint density at radius 1 is 1.00 bits per heavy atom. The highest BCUT2D eigenvalue weighted by Crippen LogP contribution is 2.39. The summed E-state index contributed by atoms with van der Waals surface area (Å²) in [6.07, 6.45) is 15.0. The molecule has 2 saturated carbocycles. The van der Waals surface area contributed by atoms with E-state index in [9.17, 15) is 0 Å². The van der Waals surface area contributed by atoms with Crippen molar-refractivity contribution in [3.63, 3.8) is 0 Å². The Kier molecular flexibility index (Phi) is 5.58. The number of rotatable bonds is 4. The van der Waals surface area contributed by atoms with Crippen LogP contribution in [0.25, 0.3) is 0 Å². The number of benzene rings is 1. The summed E-state index contributed by atoms with van der Waals surface area (Å²) in [5.41, 5.74) is 9.41. The van der Waals surface area contributed by atoms with Gasteiger partial charge in [0.15, 0.2) is 0 Å². The van der Waals surface area contributed by atoms with Gasteiger partial charge in [-0.3, -0.25) is 4.99 Å². The Balaban J connectivity index is 1.82. The number of nitrogens with two attached hydrogens (primary N) is 1. The smallest absolute Gasteiger partial charge is 0.124 e. The molecule has 0 heterocycles. The summed E-state index contributed by atoms with van der Waals surface area (Å²) in [4.78, 5) is 4.81. The Labute approximate surface area is 140 Å². The van der Waals surface area contributed by atoms with Crippen LogP contribution in [0, 0.1) is 0 Å². The van der Waals surface area contributed by atoms with E-state index >= 15 is 0 Å². The molecule has 0 unspecified atom stereocenters. The van der Waals surface area contributed by atoms with Gasteiger partial charge in [-0.2, -0.15) is 0 Å². The SMILES string of the molecule is COc1cc(N)c(C=NC2CCCCC2)cc1C1CCCCC1. The average Bonchev–Trinajstić information content (AvgIpc) is 2.62. The standard InChI is InChI=1S/C20H30N2O/c1-23-20-13-19(21)16(14-22-17-10-6-3-7-11-17)12-18(20)15-8-4-2-5-9-15/h12-15,17H,2-11,21H2,1H3. The highest BCUT2D eigenvalue weighted by atomic mass is 16.5. The fourth-order valence-corrected chi connectivity index (χ4v) is 4.07. The monoisotopic (exact) mass is 314 g/mol.